The summed E-state index contributed by atoms with van der Waals surface area (Å²) in [7, 11) is 0. The predicted octanol–water partition coefficient (Wildman–Crippen LogP) is 7.03. The second-order valence-corrected chi connectivity index (χ2v) is 7.67. The summed E-state index contributed by atoms with van der Waals surface area (Å²) in [4.78, 5) is 0. The van der Waals surface area contributed by atoms with Crippen LogP contribution in [0.2, 0.25) is 0 Å². The van der Waals surface area contributed by atoms with Gasteiger partial charge < -0.3 is 0 Å². The first-order valence-electron chi connectivity index (χ1n) is 9.98. The molecule has 0 heteroatoms. The molecule has 0 spiro atoms. The molecule has 4 aliphatic carbocycles. The van der Waals surface area contributed by atoms with E-state index in [0.717, 1.165) is 6.42 Å². The highest BCUT2D eigenvalue weighted by Crippen LogP contribution is 2.52. The van der Waals surface area contributed by atoms with Crippen molar-refractivity contribution in [3.05, 3.63) is 136 Å². The second kappa shape index (κ2) is 6.07. The Balaban J connectivity index is 1.73. The van der Waals surface area contributed by atoms with Crippen molar-refractivity contribution < 1.29 is 0 Å². The van der Waals surface area contributed by atoms with Crippen LogP contribution in [0.15, 0.2) is 114 Å². The van der Waals surface area contributed by atoms with Crippen LogP contribution in [0.5, 0.6) is 0 Å². The number of benzene rings is 2. The van der Waals surface area contributed by atoms with Gasteiger partial charge in [0, 0.05) is 5.92 Å². The van der Waals surface area contributed by atoms with Gasteiger partial charge in [-0.3, -0.25) is 0 Å². The van der Waals surface area contributed by atoms with Crippen LogP contribution in [0.1, 0.15) is 34.6 Å². The van der Waals surface area contributed by atoms with Gasteiger partial charge in [-0.05, 0) is 56.5 Å². The first-order chi connectivity index (χ1) is 13.9. The van der Waals surface area contributed by atoms with E-state index in [4.69, 9.17) is 0 Å². The van der Waals surface area contributed by atoms with E-state index >= 15 is 0 Å². The Morgan fingerprint density at radius 3 is 2.54 bits per heavy atom. The molecule has 2 aromatic rings. The molecule has 0 heterocycles. The molecule has 2 aromatic carbocycles. The third-order valence-electron chi connectivity index (χ3n) is 6.19. The highest BCUT2D eigenvalue weighted by molar-refractivity contribution is 6.13. The van der Waals surface area contributed by atoms with Crippen LogP contribution in [0.3, 0.4) is 0 Å². The van der Waals surface area contributed by atoms with Gasteiger partial charge in [0.25, 0.3) is 0 Å². The summed E-state index contributed by atoms with van der Waals surface area (Å²) in [6.07, 6.45) is 21.3. The molecule has 0 bridgehead atoms. The van der Waals surface area contributed by atoms with E-state index in [1.807, 2.05) is 0 Å². The third kappa shape index (κ3) is 2.18. The molecule has 6 rings (SSSR count). The summed E-state index contributed by atoms with van der Waals surface area (Å²) >= 11 is 0. The zero-order valence-electron chi connectivity index (χ0n) is 15.6. The quantitative estimate of drug-likeness (QED) is 0.514. The van der Waals surface area contributed by atoms with Crippen LogP contribution in [0, 0.1) is 0 Å². The van der Waals surface area contributed by atoms with Crippen molar-refractivity contribution in [3.8, 4) is 0 Å². The predicted molar refractivity (Wildman–Crippen MR) is 119 cm³/mol. The van der Waals surface area contributed by atoms with Crippen molar-refractivity contribution >= 4 is 17.2 Å². The molecule has 132 valence electrons. The minimum atomic E-state index is 0.360. The van der Waals surface area contributed by atoms with Gasteiger partial charge in [0.15, 0.2) is 0 Å². The Hall–Kier alpha value is -3.38. The Morgan fingerprint density at radius 1 is 0.714 bits per heavy atom. The molecule has 0 amide bonds. The lowest BCUT2D eigenvalue weighted by atomic mass is 9.82. The van der Waals surface area contributed by atoms with Crippen molar-refractivity contribution in [2.45, 2.75) is 12.3 Å². The molecule has 0 aromatic heterocycles. The maximum Gasteiger partial charge on any atom is 0.0285 e. The van der Waals surface area contributed by atoms with Crippen LogP contribution in [0.4, 0.5) is 0 Å². The topological polar surface area (TPSA) is 0 Å². The zero-order chi connectivity index (χ0) is 18.5. The average molecular weight is 356 g/mol. The lowest BCUT2D eigenvalue weighted by Crippen LogP contribution is -2.00. The lowest BCUT2D eigenvalue weighted by Gasteiger charge is -2.21. The highest BCUT2D eigenvalue weighted by Gasteiger charge is 2.33. The van der Waals surface area contributed by atoms with Crippen molar-refractivity contribution in [3.63, 3.8) is 0 Å². The summed E-state index contributed by atoms with van der Waals surface area (Å²) in [6, 6.07) is 17.8. The van der Waals surface area contributed by atoms with Crippen LogP contribution in [-0.4, -0.2) is 0 Å². The van der Waals surface area contributed by atoms with Crippen LogP contribution in [0.25, 0.3) is 17.2 Å². The van der Waals surface area contributed by atoms with Crippen molar-refractivity contribution in [2.24, 2.45) is 0 Å². The van der Waals surface area contributed by atoms with Gasteiger partial charge in [0.1, 0.15) is 0 Å². The Bertz CT molecular complexity index is 1220. The molecule has 28 heavy (non-hydrogen) atoms. The Morgan fingerprint density at radius 2 is 1.57 bits per heavy atom. The van der Waals surface area contributed by atoms with Crippen LogP contribution < -0.4 is 0 Å². The number of rotatable bonds is 1. The summed E-state index contributed by atoms with van der Waals surface area (Å²) in [5.74, 6) is 0.360. The highest BCUT2D eigenvalue weighted by atomic mass is 14.4. The normalized spacial score (nSPS) is 21.1. The molecule has 0 saturated heterocycles. The fourth-order valence-electron chi connectivity index (χ4n) is 4.96. The first-order valence-corrected chi connectivity index (χ1v) is 9.98. The number of fused-ring (bicyclic) bond motifs is 5. The van der Waals surface area contributed by atoms with Gasteiger partial charge in [-0.15, -0.1) is 0 Å². The van der Waals surface area contributed by atoms with Gasteiger partial charge in [-0.1, -0.05) is 103 Å². The molecular weight excluding hydrogens is 336 g/mol. The zero-order valence-corrected chi connectivity index (χ0v) is 15.6. The summed E-state index contributed by atoms with van der Waals surface area (Å²) < 4.78 is 0. The first kappa shape index (κ1) is 15.7. The van der Waals surface area contributed by atoms with Gasteiger partial charge in [-0.25, -0.2) is 0 Å². The van der Waals surface area contributed by atoms with Gasteiger partial charge in [0.2, 0.25) is 0 Å². The van der Waals surface area contributed by atoms with Crippen LogP contribution >= 0.6 is 0 Å². The smallest absolute Gasteiger partial charge is 0.0285 e. The summed E-state index contributed by atoms with van der Waals surface area (Å²) in [5, 5.41) is 0. The SMILES string of the molecule is C1=CCC2=C(C3=C4C=CC=CC4c4ccccc43)c3ccccc3C=CC2=C1. The fraction of sp³-hybridized carbons (Fsp3) is 0.0714. The summed E-state index contributed by atoms with van der Waals surface area (Å²) in [6.45, 7) is 0. The average Bonchev–Trinajstić information content (AvgIpc) is 2.99. The molecule has 0 aliphatic heterocycles. The van der Waals surface area contributed by atoms with E-state index in [-0.39, 0.29) is 0 Å². The van der Waals surface area contributed by atoms with E-state index in [1.54, 1.807) is 0 Å². The fourth-order valence-corrected chi connectivity index (χ4v) is 4.96. The largest absolute Gasteiger partial charge is 0.0801 e. The van der Waals surface area contributed by atoms with Gasteiger partial charge in [-0.2, -0.15) is 0 Å². The Kier molecular flexibility index (Phi) is 3.39. The van der Waals surface area contributed by atoms with E-state index in [0.29, 0.717) is 5.92 Å². The van der Waals surface area contributed by atoms with E-state index < -0.39 is 0 Å². The van der Waals surface area contributed by atoms with E-state index in [1.165, 1.54) is 50.1 Å². The maximum atomic E-state index is 2.34. The molecule has 0 radical (unpaired) electrons. The molecule has 0 nitrogen and oxygen atoms in total. The Labute approximate surface area is 165 Å². The molecule has 1 atom stereocenters. The molecule has 4 aliphatic rings. The third-order valence-corrected chi connectivity index (χ3v) is 6.19. The molecular formula is C28H20. The van der Waals surface area contributed by atoms with Crippen molar-refractivity contribution in [2.75, 3.05) is 0 Å². The standard InChI is InChI=1S/C28H20/c1-3-11-21-19(9-1)17-18-20-10-2-4-12-22(20)27(21)28-25-15-7-5-13-23(25)24-14-6-8-16-26(24)28/h1-11,13-18,23H,12H2. The molecule has 0 fully saturated rings. The number of allylic oxidation sites excluding steroid dienone is 13. The van der Waals surface area contributed by atoms with Gasteiger partial charge >= 0.3 is 0 Å². The van der Waals surface area contributed by atoms with Crippen molar-refractivity contribution in [1.29, 1.82) is 0 Å². The molecule has 1 unspecified atom stereocenters. The number of hydrogen-bond acceptors (Lipinski definition) is 0. The van der Waals surface area contributed by atoms with Gasteiger partial charge in [0.05, 0.1) is 0 Å². The van der Waals surface area contributed by atoms with Crippen LogP contribution in [-0.2, 0) is 0 Å². The van der Waals surface area contributed by atoms with E-state index in [2.05, 4.69) is 103 Å². The monoisotopic (exact) mass is 356 g/mol. The van der Waals surface area contributed by atoms with E-state index in [9.17, 15) is 0 Å². The van der Waals surface area contributed by atoms with Crippen molar-refractivity contribution in [1.82, 2.24) is 0 Å². The number of hydrogen-bond donors (Lipinski definition) is 0. The lowest BCUT2D eigenvalue weighted by molar-refractivity contribution is 1.05. The minimum absolute atomic E-state index is 0.360. The summed E-state index contributed by atoms with van der Waals surface area (Å²) in [5.41, 5.74) is 12.5. The second-order valence-electron chi connectivity index (χ2n) is 7.67. The molecule has 0 saturated carbocycles. The minimum Gasteiger partial charge on any atom is -0.0801 e. The maximum absolute atomic E-state index is 2.34. The molecule has 0 N–H and O–H groups in total.